The lowest BCUT2D eigenvalue weighted by atomic mass is 10.0. The molecular weight excluding hydrogens is 318 g/mol. The third-order valence-corrected chi connectivity index (χ3v) is 4.42. The smallest absolute Gasteiger partial charge is 0.272 e. The van der Waals surface area contributed by atoms with Crippen LogP contribution < -0.4 is 10.9 Å². The molecule has 1 heterocycles. The lowest BCUT2D eigenvalue weighted by Gasteiger charge is -2.19. The van der Waals surface area contributed by atoms with Crippen molar-refractivity contribution < 1.29 is 9.53 Å². The molecule has 0 saturated heterocycles. The average molecular weight is 341 g/mol. The van der Waals surface area contributed by atoms with Gasteiger partial charge in [-0.25, -0.2) is 4.68 Å². The highest BCUT2D eigenvalue weighted by atomic mass is 16.5. The normalized spacial score (nSPS) is 15.0. The van der Waals surface area contributed by atoms with E-state index in [4.69, 9.17) is 4.74 Å². The van der Waals surface area contributed by atoms with Crippen LogP contribution in [0.25, 0.3) is 0 Å². The molecule has 6 nitrogen and oxygen atoms in total. The fourth-order valence-corrected chi connectivity index (χ4v) is 2.80. The van der Waals surface area contributed by atoms with Gasteiger partial charge in [-0.05, 0) is 37.3 Å². The third-order valence-electron chi connectivity index (χ3n) is 4.42. The molecule has 1 saturated carbocycles. The van der Waals surface area contributed by atoms with Gasteiger partial charge in [0, 0.05) is 13.2 Å². The quantitative estimate of drug-likeness (QED) is 0.837. The van der Waals surface area contributed by atoms with Gasteiger partial charge in [0.2, 0.25) is 0 Å². The van der Waals surface area contributed by atoms with Gasteiger partial charge in [-0.3, -0.25) is 9.59 Å². The maximum atomic E-state index is 12.6. The van der Waals surface area contributed by atoms with Crippen molar-refractivity contribution in [2.45, 2.75) is 32.4 Å². The van der Waals surface area contributed by atoms with Crippen molar-refractivity contribution in [3.05, 3.63) is 63.6 Å². The van der Waals surface area contributed by atoms with Gasteiger partial charge in [-0.1, -0.05) is 29.8 Å². The molecule has 1 aliphatic rings. The summed E-state index contributed by atoms with van der Waals surface area (Å²) in [4.78, 5) is 24.5. The van der Waals surface area contributed by atoms with Crippen molar-refractivity contribution in [1.82, 2.24) is 15.1 Å². The third kappa shape index (κ3) is 4.33. The second-order valence-corrected chi connectivity index (χ2v) is 6.47. The number of amides is 1. The van der Waals surface area contributed by atoms with Crippen LogP contribution in [0.1, 0.15) is 40.5 Å². The molecule has 1 atom stereocenters. The monoisotopic (exact) mass is 341 g/mol. The van der Waals surface area contributed by atoms with Crippen molar-refractivity contribution >= 4 is 5.91 Å². The first-order valence-corrected chi connectivity index (χ1v) is 8.53. The van der Waals surface area contributed by atoms with Gasteiger partial charge in [-0.15, -0.1) is 0 Å². The van der Waals surface area contributed by atoms with Crippen molar-refractivity contribution in [2.75, 3.05) is 13.7 Å². The standard InChI is InChI=1S/C19H23N3O3/c1-13-3-5-14(6-4-13)18(15-7-8-15)20-19(24)16-9-10-17(23)22(21-16)11-12-25-2/h3-6,9-10,15,18H,7-8,11-12H2,1-2H3,(H,20,24). The van der Waals surface area contributed by atoms with Crippen LogP contribution in [-0.4, -0.2) is 29.4 Å². The number of hydrogen-bond acceptors (Lipinski definition) is 4. The van der Waals surface area contributed by atoms with Gasteiger partial charge in [0.05, 0.1) is 19.2 Å². The van der Waals surface area contributed by atoms with Gasteiger partial charge in [0.25, 0.3) is 11.5 Å². The Morgan fingerprint density at radius 3 is 2.64 bits per heavy atom. The summed E-state index contributed by atoms with van der Waals surface area (Å²) in [6, 6.07) is 11.1. The zero-order valence-electron chi connectivity index (χ0n) is 14.6. The second-order valence-electron chi connectivity index (χ2n) is 6.47. The number of nitrogens with zero attached hydrogens (tertiary/aromatic N) is 2. The van der Waals surface area contributed by atoms with E-state index in [2.05, 4.69) is 34.7 Å². The van der Waals surface area contributed by atoms with Crippen molar-refractivity contribution in [3.63, 3.8) is 0 Å². The van der Waals surface area contributed by atoms with Crippen LogP contribution in [-0.2, 0) is 11.3 Å². The number of benzene rings is 1. The number of ether oxygens (including phenoxy) is 1. The number of hydrogen-bond donors (Lipinski definition) is 1. The van der Waals surface area contributed by atoms with Gasteiger partial charge >= 0.3 is 0 Å². The number of carbonyl (C=O) groups is 1. The summed E-state index contributed by atoms with van der Waals surface area (Å²) in [6.45, 7) is 2.73. The number of carbonyl (C=O) groups excluding carboxylic acids is 1. The van der Waals surface area contributed by atoms with Gasteiger partial charge in [0.1, 0.15) is 5.69 Å². The predicted molar refractivity (Wildman–Crippen MR) is 94.5 cm³/mol. The summed E-state index contributed by atoms with van der Waals surface area (Å²) in [5.74, 6) is 0.203. The van der Waals surface area contributed by atoms with E-state index in [9.17, 15) is 9.59 Å². The van der Waals surface area contributed by atoms with Crippen molar-refractivity contribution in [3.8, 4) is 0 Å². The maximum Gasteiger partial charge on any atom is 0.272 e. The Hall–Kier alpha value is -2.47. The summed E-state index contributed by atoms with van der Waals surface area (Å²) >= 11 is 0. The highest BCUT2D eigenvalue weighted by molar-refractivity contribution is 5.92. The molecule has 1 unspecified atom stereocenters. The van der Waals surface area contributed by atoms with E-state index in [1.165, 1.54) is 22.4 Å². The average Bonchev–Trinajstić information content (AvgIpc) is 3.44. The molecule has 1 aromatic heterocycles. The Morgan fingerprint density at radius 2 is 2.00 bits per heavy atom. The molecule has 0 radical (unpaired) electrons. The van der Waals surface area contributed by atoms with Crippen LogP contribution in [0.3, 0.4) is 0 Å². The lowest BCUT2D eigenvalue weighted by molar-refractivity contribution is 0.0923. The molecule has 1 fully saturated rings. The van der Waals surface area contributed by atoms with E-state index in [1.807, 2.05) is 6.92 Å². The Bertz CT molecular complexity index is 794. The number of methoxy groups -OCH3 is 1. The minimum Gasteiger partial charge on any atom is -0.383 e. The fourth-order valence-electron chi connectivity index (χ4n) is 2.80. The highest BCUT2D eigenvalue weighted by Gasteiger charge is 2.33. The second kappa shape index (κ2) is 7.61. The topological polar surface area (TPSA) is 73.2 Å². The molecule has 0 aliphatic heterocycles. The molecule has 3 rings (SSSR count). The SMILES string of the molecule is COCCn1nc(C(=O)NC(c2ccc(C)cc2)C2CC2)ccc1=O. The van der Waals surface area contributed by atoms with Crippen LogP contribution in [0.2, 0.25) is 0 Å². The first kappa shape index (κ1) is 17.4. The summed E-state index contributed by atoms with van der Waals surface area (Å²) in [6.07, 6.45) is 2.22. The van der Waals surface area contributed by atoms with Crippen molar-refractivity contribution in [1.29, 1.82) is 0 Å². The van der Waals surface area contributed by atoms with E-state index in [0.717, 1.165) is 18.4 Å². The number of aryl methyl sites for hydroxylation is 1. The molecule has 0 bridgehead atoms. The van der Waals surface area contributed by atoms with E-state index in [1.54, 1.807) is 7.11 Å². The van der Waals surface area contributed by atoms with Gasteiger partial charge in [-0.2, -0.15) is 5.10 Å². The molecule has 1 aliphatic carbocycles. The van der Waals surface area contributed by atoms with E-state index >= 15 is 0 Å². The van der Waals surface area contributed by atoms with Crippen molar-refractivity contribution in [2.24, 2.45) is 5.92 Å². The Kier molecular flexibility index (Phi) is 5.28. The Morgan fingerprint density at radius 1 is 1.28 bits per heavy atom. The fraction of sp³-hybridized carbons (Fsp3) is 0.421. The van der Waals surface area contributed by atoms with Crippen LogP contribution in [0.5, 0.6) is 0 Å². The number of rotatable bonds is 7. The molecule has 132 valence electrons. The van der Waals surface area contributed by atoms with E-state index < -0.39 is 0 Å². The molecule has 0 spiro atoms. The number of nitrogens with one attached hydrogen (secondary N) is 1. The van der Waals surface area contributed by atoms with Gasteiger partial charge in [0.15, 0.2) is 0 Å². The Labute approximate surface area is 146 Å². The van der Waals surface area contributed by atoms with Crippen LogP contribution >= 0.6 is 0 Å². The first-order chi connectivity index (χ1) is 12.1. The lowest BCUT2D eigenvalue weighted by Crippen LogP contribution is -2.33. The molecular formula is C19H23N3O3. The zero-order valence-corrected chi connectivity index (χ0v) is 14.6. The molecule has 2 aromatic rings. The van der Waals surface area contributed by atoms with Gasteiger partial charge < -0.3 is 10.1 Å². The summed E-state index contributed by atoms with van der Waals surface area (Å²) in [7, 11) is 1.56. The molecule has 1 amide bonds. The Balaban J connectivity index is 1.77. The van der Waals surface area contributed by atoms with Crippen LogP contribution in [0, 0.1) is 12.8 Å². The summed E-state index contributed by atoms with van der Waals surface area (Å²) in [5.41, 5.74) is 2.30. The first-order valence-electron chi connectivity index (χ1n) is 8.53. The van der Waals surface area contributed by atoms with E-state index in [0.29, 0.717) is 19.1 Å². The largest absolute Gasteiger partial charge is 0.383 e. The summed E-state index contributed by atoms with van der Waals surface area (Å²) in [5, 5.41) is 7.25. The highest BCUT2D eigenvalue weighted by Crippen LogP contribution is 2.41. The molecule has 25 heavy (non-hydrogen) atoms. The minimum atomic E-state index is -0.261. The van der Waals surface area contributed by atoms with Crippen LogP contribution in [0.4, 0.5) is 0 Å². The number of aromatic nitrogens is 2. The molecule has 1 N–H and O–H groups in total. The maximum absolute atomic E-state index is 12.6. The predicted octanol–water partition coefficient (Wildman–Crippen LogP) is 2.08. The van der Waals surface area contributed by atoms with E-state index in [-0.39, 0.29) is 23.2 Å². The minimum absolute atomic E-state index is 0.0192. The van der Waals surface area contributed by atoms with Crippen LogP contribution in [0.15, 0.2) is 41.2 Å². The summed E-state index contributed by atoms with van der Waals surface area (Å²) < 4.78 is 6.23. The zero-order chi connectivity index (χ0) is 17.8. The molecule has 1 aromatic carbocycles. The molecule has 6 heteroatoms.